The molecule has 1 heterocycles. The van der Waals surface area contributed by atoms with E-state index in [0.29, 0.717) is 17.8 Å². The quantitative estimate of drug-likeness (QED) is 0.658. The van der Waals surface area contributed by atoms with Crippen LogP contribution in [0.25, 0.3) is 0 Å². The standard InChI is InChI=1S/C23H20FN3O2/c24-19-10-4-5-11-20(19)26-23(29)25-18-12-13-21-17(15-18)9-6-14-27(21)22(28)16-7-2-1-3-8-16/h1-5,7-8,10-13,15H,6,9,14H2,(H2,25,26,29). The van der Waals surface area contributed by atoms with Gasteiger partial charge in [0.05, 0.1) is 5.69 Å². The Morgan fingerprint density at radius 1 is 0.897 bits per heavy atom. The van der Waals surface area contributed by atoms with Gasteiger partial charge in [-0.15, -0.1) is 0 Å². The fraction of sp³-hybridized carbons (Fsp3) is 0.130. The Morgan fingerprint density at radius 2 is 1.66 bits per heavy atom. The van der Waals surface area contributed by atoms with Crippen molar-refractivity contribution in [3.63, 3.8) is 0 Å². The minimum Gasteiger partial charge on any atom is -0.308 e. The van der Waals surface area contributed by atoms with Gasteiger partial charge in [0, 0.05) is 23.5 Å². The van der Waals surface area contributed by atoms with E-state index < -0.39 is 11.8 Å². The maximum Gasteiger partial charge on any atom is 0.323 e. The Labute approximate surface area is 168 Å². The van der Waals surface area contributed by atoms with E-state index in [-0.39, 0.29) is 11.6 Å². The van der Waals surface area contributed by atoms with Crippen LogP contribution in [-0.4, -0.2) is 18.5 Å². The summed E-state index contributed by atoms with van der Waals surface area (Å²) >= 11 is 0. The number of urea groups is 1. The number of halogens is 1. The van der Waals surface area contributed by atoms with E-state index >= 15 is 0 Å². The number of hydrogen-bond acceptors (Lipinski definition) is 2. The first-order chi connectivity index (χ1) is 14.1. The van der Waals surface area contributed by atoms with E-state index in [0.717, 1.165) is 24.1 Å². The lowest BCUT2D eigenvalue weighted by Crippen LogP contribution is -2.35. The van der Waals surface area contributed by atoms with Crippen LogP contribution < -0.4 is 15.5 Å². The first-order valence-corrected chi connectivity index (χ1v) is 9.44. The van der Waals surface area contributed by atoms with Gasteiger partial charge < -0.3 is 15.5 Å². The highest BCUT2D eigenvalue weighted by Gasteiger charge is 2.23. The molecule has 0 fully saturated rings. The van der Waals surface area contributed by atoms with Crippen molar-refractivity contribution in [2.45, 2.75) is 12.8 Å². The first-order valence-electron chi connectivity index (χ1n) is 9.44. The Hall–Kier alpha value is -3.67. The number of carbonyl (C=O) groups excluding carboxylic acids is 2. The number of rotatable bonds is 3. The van der Waals surface area contributed by atoms with Crippen molar-refractivity contribution in [1.29, 1.82) is 0 Å². The zero-order chi connectivity index (χ0) is 20.2. The van der Waals surface area contributed by atoms with Crippen LogP contribution in [0.1, 0.15) is 22.3 Å². The molecule has 29 heavy (non-hydrogen) atoms. The van der Waals surface area contributed by atoms with Gasteiger partial charge in [-0.1, -0.05) is 30.3 Å². The van der Waals surface area contributed by atoms with Crippen LogP contribution in [0.4, 0.5) is 26.2 Å². The molecule has 1 aliphatic heterocycles. The maximum absolute atomic E-state index is 13.7. The lowest BCUT2D eigenvalue weighted by molar-refractivity contribution is 0.0985. The highest BCUT2D eigenvalue weighted by Crippen LogP contribution is 2.31. The SMILES string of the molecule is O=C(Nc1ccc2c(c1)CCCN2C(=O)c1ccccc1)Nc1ccccc1F. The number of fused-ring (bicyclic) bond motifs is 1. The Balaban J connectivity index is 1.50. The van der Waals surface area contributed by atoms with Crippen LogP contribution in [-0.2, 0) is 6.42 Å². The monoisotopic (exact) mass is 389 g/mol. The van der Waals surface area contributed by atoms with Gasteiger partial charge in [-0.2, -0.15) is 0 Å². The summed E-state index contributed by atoms with van der Waals surface area (Å²) in [5.74, 6) is -0.535. The van der Waals surface area contributed by atoms with Crippen molar-refractivity contribution in [1.82, 2.24) is 0 Å². The number of para-hydroxylation sites is 1. The zero-order valence-electron chi connectivity index (χ0n) is 15.7. The van der Waals surface area contributed by atoms with E-state index in [1.165, 1.54) is 12.1 Å². The Bertz CT molecular complexity index is 1050. The number of nitrogens with one attached hydrogen (secondary N) is 2. The van der Waals surface area contributed by atoms with Gasteiger partial charge in [0.1, 0.15) is 5.82 Å². The van der Waals surface area contributed by atoms with Crippen LogP contribution in [0.2, 0.25) is 0 Å². The highest BCUT2D eigenvalue weighted by atomic mass is 19.1. The molecule has 3 amide bonds. The van der Waals surface area contributed by atoms with E-state index in [9.17, 15) is 14.0 Å². The normalized spacial score (nSPS) is 12.8. The van der Waals surface area contributed by atoms with Crippen LogP contribution >= 0.6 is 0 Å². The van der Waals surface area contributed by atoms with Crippen molar-refractivity contribution in [3.05, 3.63) is 89.7 Å². The van der Waals surface area contributed by atoms with E-state index in [1.54, 1.807) is 35.2 Å². The fourth-order valence-corrected chi connectivity index (χ4v) is 3.47. The molecule has 0 aromatic heterocycles. The second-order valence-electron chi connectivity index (χ2n) is 6.83. The minimum atomic E-state index is -0.525. The van der Waals surface area contributed by atoms with Gasteiger partial charge in [0.2, 0.25) is 0 Å². The summed E-state index contributed by atoms with van der Waals surface area (Å²) in [7, 11) is 0. The van der Waals surface area contributed by atoms with Crippen molar-refractivity contribution < 1.29 is 14.0 Å². The lowest BCUT2D eigenvalue weighted by Gasteiger charge is -2.30. The molecule has 2 N–H and O–H groups in total. The molecule has 4 rings (SSSR count). The second-order valence-corrected chi connectivity index (χ2v) is 6.83. The predicted molar refractivity (Wildman–Crippen MR) is 112 cm³/mol. The molecule has 146 valence electrons. The molecule has 0 atom stereocenters. The summed E-state index contributed by atoms with van der Waals surface area (Å²) < 4.78 is 13.7. The number of carbonyl (C=O) groups is 2. The molecule has 0 unspecified atom stereocenters. The van der Waals surface area contributed by atoms with Crippen LogP contribution in [0.5, 0.6) is 0 Å². The van der Waals surface area contributed by atoms with Crippen molar-refractivity contribution in [2.75, 3.05) is 22.1 Å². The summed E-state index contributed by atoms with van der Waals surface area (Å²) in [6.07, 6.45) is 1.66. The number of nitrogens with zero attached hydrogens (tertiary/aromatic N) is 1. The molecule has 3 aromatic rings. The van der Waals surface area contributed by atoms with E-state index in [4.69, 9.17) is 0 Å². The van der Waals surface area contributed by atoms with Crippen molar-refractivity contribution in [3.8, 4) is 0 Å². The van der Waals surface area contributed by atoms with Crippen LogP contribution in [0.3, 0.4) is 0 Å². The summed E-state index contributed by atoms with van der Waals surface area (Å²) in [6.45, 7) is 0.654. The van der Waals surface area contributed by atoms with Gasteiger partial charge in [0.15, 0.2) is 0 Å². The smallest absolute Gasteiger partial charge is 0.308 e. The number of amides is 3. The van der Waals surface area contributed by atoms with Gasteiger partial charge >= 0.3 is 6.03 Å². The molecule has 3 aromatic carbocycles. The lowest BCUT2D eigenvalue weighted by atomic mass is 10.00. The molecule has 0 aliphatic carbocycles. The largest absolute Gasteiger partial charge is 0.323 e. The first kappa shape index (κ1) is 18.7. The second kappa shape index (κ2) is 8.14. The third-order valence-electron chi connectivity index (χ3n) is 4.84. The molecule has 1 aliphatic rings. The topological polar surface area (TPSA) is 61.4 Å². The molecule has 0 spiro atoms. The average molecular weight is 389 g/mol. The average Bonchev–Trinajstić information content (AvgIpc) is 2.75. The van der Waals surface area contributed by atoms with Crippen molar-refractivity contribution >= 4 is 29.0 Å². The Kier molecular flexibility index (Phi) is 5.24. The third-order valence-corrected chi connectivity index (χ3v) is 4.84. The summed E-state index contributed by atoms with van der Waals surface area (Å²) in [4.78, 5) is 26.9. The Morgan fingerprint density at radius 3 is 2.45 bits per heavy atom. The summed E-state index contributed by atoms with van der Waals surface area (Å²) in [5.41, 5.74) is 3.19. The molecule has 0 saturated carbocycles. The van der Waals surface area contributed by atoms with Crippen LogP contribution in [0, 0.1) is 5.82 Å². The fourth-order valence-electron chi connectivity index (χ4n) is 3.47. The van der Waals surface area contributed by atoms with Gasteiger partial charge in [-0.25, -0.2) is 9.18 Å². The summed E-state index contributed by atoms with van der Waals surface area (Å²) in [6, 6.07) is 20.1. The molecule has 0 saturated heterocycles. The van der Waals surface area contributed by atoms with E-state index in [1.807, 2.05) is 30.3 Å². The van der Waals surface area contributed by atoms with Crippen LogP contribution in [0.15, 0.2) is 72.8 Å². The highest BCUT2D eigenvalue weighted by molar-refractivity contribution is 6.07. The third kappa shape index (κ3) is 4.11. The molecular formula is C23H20FN3O2. The minimum absolute atomic E-state index is 0.0374. The molecular weight excluding hydrogens is 369 g/mol. The maximum atomic E-state index is 13.7. The van der Waals surface area contributed by atoms with Crippen molar-refractivity contribution in [2.24, 2.45) is 0 Å². The molecule has 0 bridgehead atoms. The number of anilines is 3. The van der Waals surface area contributed by atoms with Gasteiger partial charge in [-0.3, -0.25) is 4.79 Å². The molecule has 6 heteroatoms. The number of benzene rings is 3. The van der Waals surface area contributed by atoms with E-state index in [2.05, 4.69) is 10.6 Å². The molecule has 5 nitrogen and oxygen atoms in total. The van der Waals surface area contributed by atoms with Gasteiger partial charge in [-0.05, 0) is 60.9 Å². The molecule has 0 radical (unpaired) electrons. The van der Waals surface area contributed by atoms with Gasteiger partial charge in [0.25, 0.3) is 5.91 Å². The zero-order valence-corrected chi connectivity index (χ0v) is 15.7. The predicted octanol–water partition coefficient (Wildman–Crippen LogP) is 5.06. The number of aryl methyl sites for hydroxylation is 1. The number of hydrogen-bond donors (Lipinski definition) is 2. The summed E-state index contributed by atoms with van der Waals surface area (Å²) in [5, 5.41) is 5.22.